The molecule has 49 heavy (non-hydrogen) atoms. The first-order chi connectivity index (χ1) is 23.8. The SMILES string of the molecule is C=CC(=O)N1CCC(N2Cc3cnc(Nc4ccc(N5CCN(C)CC5)cc4)nc3N(c3cccc(NC(C)=O)c3)C2=O)c2ccccc21. The van der Waals surface area contributed by atoms with Crippen molar-refractivity contribution < 1.29 is 14.4 Å². The Morgan fingerprint density at radius 1 is 0.918 bits per heavy atom. The lowest BCUT2D eigenvalue weighted by Gasteiger charge is -2.44. The number of likely N-dealkylation sites (N-methyl/N-ethyl adjacent to an activating group) is 1. The predicted octanol–water partition coefficient (Wildman–Crippen LogP) is 5.67. The van der Waals surface area contributed by atoms with Crippen molar-refractivity contribution in [2.75, 3.05) is 65.1 Å². The Balaban J connectivity index is 1.22. The van der Waals surface area contributed by atoms with E-state index in [2.05, 4.69) is 51.2 Å². The average Bonchev–Trinajstić information content (AvgIpc) is 3.11. The summed E-state index contributed by atoms with van der Waals surface area (Å²) in [5, 5.41) is 6.14. The van der Waals surface area contributed by atoms with Crippen molar-refractivity contribution in [3.8, 4) is 0 Å². The van der Waals surface area contributed by atoms with Crippen LogP contribution in [0.4, 0.5) is 45.0 Å². The number of carbonyl (C=O) groups excluding carboxylic acids is 3. The highest BCUT2D eigenvalue weighted by Gasteiger charge is 2.40. The van der Waals surface area contributed by atoms with Crippen LogP contribution >= 0.6 is 0 Å². The zero-order valence-electron chi connectivity index (χ0n) is 27.7. The number of benzene rings is 3. The van der Waals surface area contributed by atoms with Gasteiger partial charge in [0, 0.05) is 74.2 Å². The van der Waals surface area contributed by atoms with Crippen LogP contribution in [0.25, 0.3) is 0 Å². The van der Waals surface area contributed by atoms with Crippen molar-refractivity contribution in [1.29, 1.82) is 0 Å². The smallest absolute Gasteiger partial charge is 0.331 e. The van der Waals surface area contributed by atoms with Gasteiger partial charge in [0.15, 0.2) is 5.82 Å². The molecule has 3 aromatic carbocycles. The minimum absolute atomic E-state index is 0.181. The van der Waals surface area contributed by atoms with Gasteiger partial charge in [0.05, 0.1) is 18.3 Å². The van der Waals surface area contributed by atoms with Crippen molar-refractivity contribution in [1.82, 2.24) is 19.8 Å². The lowest BCUT2D eigenvalue weighted by molar-refractivity contribution is -0.115. The zero-order chi connectivity index (χ0) is 34.1. The maximum absolute atomic E-state index is 14.7. The molecule has 4 heterocycles. The van der Waals surface area contributed by atoms with E-state index >= 15 is 0 Å². The number of amides is 4. The van der Waals surface area contributed by atoms with Crippen molar-refractivity contribution in [3.63, 3.8) is 0 Å². The van der Waals surface area contributed by atoms with Gasteiger partial charge in [-0.1, -0.05) is 30.8 Å². The van der Waals surface area contributed by atoms with E-state index in [1.165, 1.54) is 18.7 Å². The quantitative estimate of drug-likeness (QED) is 0.245. The number of carbonyl (C=O) groups is 3. The Labute approximate surface area is 285 Å². The summed E-state index contributed by atoms with van der Waals surface area (Å²) < 4.78 is 0. The van der Waals surface area contributed by atoms with Crippen LogP contribution in [0.5, 0.6) is 0 Å². The van der Waals surface area contributed by atoms with E-state index in [-0.39, 0.29) is 30.4 Å². The van der Waals surface area contributed by atoms with Gasteiger partial charge in [0.2, 0.25) is 17.8 Å². The Morgan fingerprint density at radius 3 is 2.45 bits per heavy atom. The number of piperazine rings is 1. The number of nitrogens with zero attached hydrogens (tertiary/aromatic N) is 7. The maximum Gasteiger partial charge on any atom is 0.331 e. The Kier molecular flexibility index (Phi) is 8.70. The molecule has 1 saturated heterocycles. The van der Waals surface area contributed by atoms with Gasteiger partial charge in [-0.05, 0) is 73.6 Å². The molecule has 0 spiro atoms. The number of hydrogen-bond acceptors (Lipinski definition) is 8. The fourth-order valence-corrected chi connectivity index (χ4v) is 6.79. The molecule has 250 valence electrons. The third kappa shape index (κ3) is 6.42. The second-order valence-corrected chi connectivity index (χ2v) is 12.5. The Morgan fingerprint density at radius 2 is 1.69 bits per heavy atom. The standard InChI is InChI=1S/C37H39N9O3/c1-4-34(48)44-17-16-33(31-10-5-6-11-32(31)44)45-24-26-23-38-36(40-27-12-14-29(15-13-27)43-20-18-42(3)19-21-43)41-35(26)46(37(45)49)30-9-7-8-28(22-30)39-25(2)47/h4-15,22-23,33H,1,16-21,24H2,2-3H3,(H,39,47)(H,38,40,41). The number of aromatic nitrogens is 2. The molecular weight excluding hydrogens is 618 g/mol. The largest absolute Gasteiger partial charge is 0.369 e. The monoisotopic (exact) mass is 657 g/mol. The molecule has 2 N–H and O–H groups in total. The molecule has 1 aromatic heterocycles. The van der Waals surface area contributed by atoms with E-state index in [9.17, 15) is 14.4 Å². The summed E-state index contributed by atoms with van der Waals surface area (Å²) in [4.78, 5) is 58.6. The van der Waals surface area contributed by atoms with Crippen molar-refractivity contribution in [2.45, 2.75) is 25.9 Å². The Bertz CT molecular complexity index is 1910. The number of rotatable bonds is 7. The van der Waals surface area contributed by atoms with Gasteiger partial charge >= 0.3 is 6.03 Å². The van der Waals surface area contributed by atoms with E-state index in [1.54, 1.807) is 34.2 Å². The summed E-state index contributed by atoms with van der Waals surface area (Å²) in [6.45, 7) is 9.87. The van der Waals surface area contributed by atoms with Gasteiger partial charge in [-0.2, -0.15) is 4.98 Å². The van der Waals surface area contributed by atoms with Crippen LogP contribution in [0.3, 0.4) is 0 Å². The lowest BCUT2D eigenvalue weighted by atomic mass is 9.94. The highest BCUT2D eigenvalue weighted by Crippen LogP contribution is 2.43. The van der Waals surface area contributed by atoms with Crippen molar-refractivity contribution >= 4 is 58.0 Å². The highest BCUT2D eigenvalue weighted by atomic mass is 16.2. The molecule has 0 radical (unpaired) electrons. The number of nitrogens with one attached hydrogen (secondary N) is 2. The maximum atomic E-state index is 14.7. The fourth-order valence-electron chi connectivity index (χ4n) is 6.79. The number of urea groups is 1. The second-order valence-electron chi connectivity index (χ2n) is 12.5. The first-order valence-corrected chi connectivity index (χ1v) is 16.5. The van der Waals surface area contributed by atoms with E-state index in [1.807, 2.05) is 47.4 Å². The minimum atomic E-state index is -0.302. The molecule has 1 unspecified atom stereocenters. The molecule has 1 atom stereocenters. The number of para-hydroxylation sites is 1. The van der Waals surface area contributed by atoms with Crippen LogP contribution in [0, 0.1) is 0 Å². The number of anilines is 7. The van der Waals surface area contributed by atoms with Crippen LogP contribution in [0.2, 0.25) is 0 Å². The second kappa shape index (κ2) is 13.4. The lowest BCUT2D eigenvalue weighted by Crippen LogP contribution is -2.49. The van der Waals surface area contributed by atoms with Crippen LogP contribution in [0.15, 0.2) is 91.6 Å². The van der Waals surface area contributed by atoms with E-state index in [0.29, 0.717) is 36.1 Å². The third-order valence-electron chi connectivity index (χ3n) is 9.28. The van der Waals surface area contributed by atoms with Gasteiger partial charge < -0.3 is 30.2 Å². The molecule has 1 fully saturated rings. The summed E-state index contributed by atoms with van der Waals surface area (Å²) in [6, 6.07) is 22.5. The average molecular weight is 658 g/mol. The topological polar surface area (TPSA) is 117 Å². The summed E-state index contributed by atoms with van der Waals surface area (Å²) in [6.07, 6.45) is 3.62. The molecule has 4 aromatic rings. The normalized spacial score (nSPS) is 17.7. The molecule has 4 amide bonds. The summed E-state index contributed by atoms with van der Waals surface area (Å²) >= 11 is 0. The third-order valence-corrected chi connectivity index (χ3v) is 9.28. The van der Waals surface area contributed by atoms with E-state index < -0.39 is 0 Å². The first kappa shape index (κ1) is 31.8. The summed E-state index contributed by atoms with van der Waals surface area (Å²) in [5.41, 5.74) is 5.52. The highest BCUT2D eigenvalue weighted by molar-refractivity contribution is 6.04. The van der Waals surface area contributed by atoms with Gasteiger partial charge in [0.1, 0.15) is 0 Å². The van der Waals surface area contributed by atoms with Crippen LogP contribution in [-0.4, -0.2) is 77.4 Å². The number of fused-ring (bicyclic) bond motifs is 2. The molecule has 3 aliphatic rings. The molecule has 12 heteroatoms. The summed E-state index contributed by atoms with van der Waals surface area (Å²) in [7, 11) is 2.14. The fraction of sp³-hybridized carbons (Fsp3) is 0.270. The Hall–Kier alpha value is -5.75. The van der Waals surface area contributed by atoms with E-state index in [4.69, 9.17) is 4.98 Å². The molecule has 7 rings (SSSR count). The van der Waals surface area contributed by atoms with Gasteiger partial charge in [-0.25, -0.2) is 14.7 Å². The predicted molar refractivity (Wildman–Crippen MR) is 192 cm³/mol. The van der Waals surface area contributed by atoms with Gasteiger partial charge in [-0.3, -0.25) is 9.59 Å². The molecule has 12 nitrogen and oxygen atoms in total. The van der Waals surface area contributed by atoms with Crippen molar-refractivity contribution in [2.24, 2.45) is 0 Å². The molecule has 0 saturated carbocycles. The minimum Gasteiger partial charge on any atom is -0.369 e. The molecule has 0 aliphatic carbocycles. The van der Waals surface area contributed by atoms with Crippen molar-refractivity contribution in [3.05, 3.63) is 103 Å². The first-order valence-electron chi connectivity index (χ1n) is 16.5. The molecule has 3 aliphatic heterocycles. The molecular formula is C37H39N9O3. The summed E-state index contributed by atoms with van der Waals surface area (Å²) in [5.74, 6) is 0.423. The zero-order valence-corrected chi connectivity index (χ0v) is 27.7. The van der Waals surface area contributed by atoms with Crippen LogP contribution in [0.1, 0.15) is 30.5 Å². The van der Waals surface area contributed by atoms with Crippen LogP contribution < -0.4 is 25.3 Å². The molecule has 0 bridgehead atoms. The van der Waals surface area contributed by atoms with Gasteiger partial charge in [-0.15, -0.1) is 0 Å². The van der Waals surface area contributed by atoms with Gasteiger partial charge in [0.25, 0.3) is 0 Å². The van der Waals surface area contributed by atoms with E-state index in [0.717, 1.165) is 48.7 Å². The van der Waals surface area contributed by atoms with Crippen LogP contribution in [-0.2, 0) is 16.1 Å². The number of hydrogen-bond donors (Lipinski definition) is 2.